The molecule has 164 valence electrons. The molecule has 2 aromatic carbocycles. The largest absolute Gasteiger partial charge is 0.493 e. The summed E-state index contributed by atoms with van der Waals surface area (Å²) in [5.74, 6) is 1.35. The Kier molecular flexibility index (Phi) is 7.28. The lowest BCUT2D eigenvalue weighted by atomic mass is 10.1. The number of nitrogens with zero attached hydrogens (tertiary/aromatic N) is 3. The monoisotopic (exact) mass is 423 g/mol. The minimum absolute atomic E-state index is 0.0509. The van der Waals surface area contributed by atoms with E-state index in [9.17, 15) is 9.59 Å². The van der Waals surface area contributed by atoms with Gasteiger partial charge in [-0.05, 0) is 49.6 Å². The predicted octanol–water partition coefficient (Wildman–Crippen LogP) is 3.55. The van der Waals surface area contributed by atoms with E-state index < -0.39 is 0 Å². The lowest BCUT2D eigenvalue weighted by Crippen LogP contribution is -2.30. The zero-order chi connectivity index (χ0) is 22.4. The summed E-state index contributed by atoms with van der Waals surface area (Å²) in [6, 6.07) is 11.3. The average molecular weight is 424 g/mol. The Balaban J connectivity index is 1.62. The number of methoxy groups -OCH3 is 2. The van der Waals surface area contributed by atoms with Crippen LogP contribution in [-0.4, -0.2) is 41.1 Å². The Bertz CT molecular complexity index is 1120. The third-order valence-electron chi connectivity index (χ3n) is 5.40. The fourth-order valence-corrected chi connectivity index (χ4v) is 3.63. The number of fused-ring (bicyclic) bond motifs is 1. The van der Waals surface area contributed by atoms with Crippen molar-refractivity contribution < 1.29 is 14.3 Å². The molecule has 7 nitrogen and oxygen atoms in total. The van der Waals surface area contributed by atoms with Crippen LogP contribution in [0.15, 0.2) is 47.5 Å². The Hall–Kier alpha value is -3.35. The predicted molar refractivity (Wildman–Crippen MR) is 121 cm³/mol. The number of benzene rings is 2. The van der Waals surface area contributed by atoms with Crippen LogP contribution in [0.25, 0.3) is 10.9 Å². The van der Waals surface area contributed by atoms with Crippen molar-refractivity contribution >= 4 is 16.8 Å². The van der Waals surface area contributed by atoms with Crippen LogP contribution in [0.3, 0.4) is 0 Å². The number of para-hydroxylation sites is 1. The maximum absolute atomic E-state index is 12.8. The van der Waals surface area contributed by atoms with Gasteiger partial charge in [0.25, 0.3) is 5.56 Å². The number of aryl methyl sites for hydroxylation is 2. The summed E-state index contributed by atoms with van der Waals surface area (Å²) in [5.41, 5.74) is 2.61. The van der Waals surface area contributed by atoms with Crippen molar-refractivity contribution in [3.8, 4) is 11.5 Å². The van der Waals surface area contributed by atoms with Crippen molar-refractivity contribution in [2.45, 2.75) is 39.8 Å². The van der Waals surface area contributed by atoms with Gasteiger partial charge in [0.05, 0.1) is 31.4 Å². The zero-order valence-corrected chi connectivity index (χ0v) is 18.6. The van der Waals surface area contributed by atoms with Crippen molar-refractivity contribution in [3.63, 3.8) is 0 Å². The molecule has 0 radical (unpaired) electrons. The van der Waals surface area contributed by atoms with Crippen molar-refractivity contribution in [2.24, 2.45) is 0 Å². The van der Waals surface area contributed by atoms with E-state index in [-0.39, 0.29) is 11.5 Å². The second-order valence-corrected chi connectivity index (χ2v) is 7.41. The van der Waals surface area contributed by atoms with Gasteiger partial charge >= 0.3 is 0 Å². The highest BCUT2D eigenvalue weighted by molar-refractivity contribution is 5.80. The molecule has 0 spiro atoms. The Morgan fingerprint density at radius 3 is 2.61 bits per heavy atom. The van der Waals surface area contributed by atoms with Crippen LogP contribution < -0.4 is 15.0 Å². The second kappa shape index (κ2) is 10.1. The molecule has 3 rings (SSSR count). The smallest absolute Gasteiger partial charge is 0.261 e. The zero-order valence-electron chi connectivity index (χ0n) is 18.6. The summed E-state index contributed by atoms with van der Waals surface area (Å²) in [4.78, 5) is 31.7. The summed E-state index contributed by atoms with van der Waals surface area (Å²) < 4.78 is 12.2. The number of carbonyl (C=O) groups is 1. The quantitative estimate of drug-likeness (QED) is 0.526. The minimum Gasteiger partial charge on any atom is -0.493 e. The molecule has 0 fully saturated rings. The standard InChI is InChI=1S/C24H29N3O4/c1-5-26(15-18-11-12-20(30-3)21(14-18)31-4)22(28)10-7-13-27-16-25-23-17(2)8-6-9-19(23)24(27)29/h6,8-9,11-12,14,16H,5,7,10,13,15H2,1-4H3. The fraction of sp³-hybridized carbons (Fsp3) is 0.375. The van der Waals surface area contributed by atoms with Crippen LogP contribution in [0.1, 0.15) is 30.9 Å². The highest BCUT2D eigenvalue weighted by atomic mass is 16.5. The molecule has 0 atom stereocenters. The Morgan fingerprint density at radius 2 is 1.90 bits per heavy atom. The van der Waals surface area contributed by atoms with Gasteiger partial charge in [0, 0.05) is 26.1 Å². The van der Waals surface area contributed by atoms with E-state index >= 15 is 0 Å². The minimum atomic E-state index is -0.0705. The van der Waals surface area contributed by atoms with E-state index in [0.29, 0.717) is 49.4 Å². The topological polar surface area (TPSA) is 73.7 Å². The molecule has 0 aliphatic heterocycles. The molecule has 0 bridgehead atoms. The van der Waals surface area contributed by atoms with E-state index in [0.717, 1.165) is 16.6 Å². The van der Waals surface area contributed by atoms with E-state index in [4.69, 9.17) is 9.47 Å². The molecule has 0 saturated carbocycles. The normalized spacial score (nSPS) is 10.8. The van der Waals surface area contributed by atoms with Crippen LogP contribution in [0.5, 0.6) is 11.5 Å². The molecule has 1 aromatic heterocycles. The summed E-state index contributed by atoms with van der Waals surface area (Å²) in [5, 5.41) is 0.609. The Labute approximate surface area is 182 Å². The highest BCUT2D eigenvalue weighted by Crippen LogP contribution is 2.28. The molecule has 0 saturated heterocycles. The molecule has 0 aliphatic carbocycles. The third-order valence-corrected chi connectivity index (χ3v) is 5.40. The molecule has 31 heavy (non-hydrogen) atoms. The number of hydrogen-bond donors (Lipinski definition) is 0. The van der Waals surface area contributed by atoms with Crippen LogP contribution in [0.2, 0.25) is 0 Å². The van der Waals surface area contributed by atoms with Crippen molar-refractivity contribution in [3.05, 3.63) is 64.2 Å². The summed E-state index contributed by atoms with van der Waals surface area (Å²) in [7, 11) is 3.19. The van der Waals surface area contributed by atoms with Gasteiger partial charge in [-0.25, -0.2) is 4.98 Å². The van der Waals surface area contributed by atoms with Crippen LogP contribution in [-0.2, 0) is 17.9 Å². The van der Waals surface area contributed by atoms with Gasteiger partial charge in [0.1, 0.15) is 0 Å². The molecule has 1 heterocycles. The van der Waals surface area contributed by atoms with Gasteiger partial charge in [0.2, 0.25) is 5.91 Å². The molecular formula is C24H29N3O4. The van der Waals surface area contributed by atoms with Crippen molar-refractivity contribution in [1.29, 1.82) is 0 Å². The van der Waals surface area contributed by atoms with Crippen molar-refractivity contribution in [1.82, 2.24) is 14.5 Å². The number of aromatic nitrogens is 2. The van der Waals surface area contributed by atoms with Crippen LogP contribution >= 0.6 is 0 Å². The van der Waals surface area contributed by atoms with Gasteiger partial charge in [-0.2, -0.15) is 0 Å². The molecular weight excluding hydrogens is 394 g/mol. The number of carbonyl (C=O) groups excluding carboxylic acids is 1. The van der Waals surface area contributed by atoms with Gasteiger partial charge in [-0.15, -0.1) is 0 Å². The summed E-state index contributed by atoms with van der Waals surface area (Å²) in [6.45, 7) is 5.44. The fourth-order valence-electron chi connectivity index (χ4n) is 3.63. The number of ether oxygens (including phenoxy) is 2. The van der Waals surface area contributed by atoms with Gasteiger partial charge in [-0.1, -0.05) is 18.2 Å². The average Bonchev–Trinajstić information content (AvgIpc) is 2.79. The van der Waals surface area contributed by atoms with Gasteiger partial charge < -0.3 is 14.4 Å². The molecule has 3 aromatic rings. The molecule has 0 N–H and O–H groups in total. The molecule has 7 heteroatoms. The summed E-state index contributed by atoms with van der Waals surface area (Å²) >= 11 is 0. The first kappa shape index (κ1) is 22.3. The maximum Gasteiger partial charge on any atom is 0.261 e. The van der Waals surface area contributed by atoms with Gasteiger partial charge in [0.15, 0.2) is 11.5 Å². The lowest BCUT2D eigenvalue weighted by Gasteiger charge is -2.22. The Morgan fingerprint density at radius 1 is 1.13 bits per heavy atom. The van der Waals surface area contributed by atoms with E-state index in [1.165, 1.54) is 0 Å². The number of hydrogen-bond acceptors (Lipinski definition) is 5. The molecule has 1 amide bonds. The van der Waals surface area contributed by atoms with E-state index in [2.05, 4.69) is 4.98 Å². The van der Waals surface area contributed by atoms with Crippen molar-refractivity contribution in [2.75, 3.05) is 20.8 Å². The summed E-state index contributed by atoms with van der Waals surface area (Å²) in [6.07, 6.45) is 2.50. The third kappa shape index (κ3) is 5.05. The SMILES string of the molecule is CCN(Cc1ccc(OC)c(OC)c1)C(=O)CCCn1cnc2c(C)cccc2c1=O. The first-order valence-corrected chi connectivity index (χ1v) is 10.4. The molecule has 0 aliphatic rings. The van der Waals surface area contributed by atoms with Crippen LogP contribution in [0.4, 0.5) is 0 Å². The number of amides is 1. The lowest BCUT2D eigenvalue weighted by molar-refractivity contribution is -0.131. The van der Waals surface area contributed by atoms with E-state index in [1.807, 2.05) is 44.2 Å². The van der Waals surface area contributed by atoms with E-state index in [1.54, 1.807) is 36.1 Å². The van der Waals surface area contributed by atoms with Crippen LogP contribution in [0, 0.1) is 6.92 Å². The van der Waals surface area contributed by atoms with Gasteiger partial charge in [-0.3, -0.25) is 14.2 Å². The first-order valence-electron chi connectivity index (χ1n) is 10.4. The molecule has 0 unspecified atom stereocenters. The first-order chi connectivity index (χ1) is 15.0. The number of rotatable bonds is 9. The maximum atomic E-state index is 12.8. The second-order valence-electron chi connectivity index (χ2n) is 7.41. The highest BCUT2D eigenvalue weighted by Gasteiger charge is 2.14.